The smallest absolute Gasteiger partial charge is 0.271 e. The number of amides is 1. The molecule has 20 heavy (non-hydrogen) atoms. The molecule has 0 bridgehead atoms. The molecular formula is C13H12Cl3N3O. The van der Waals surface area contributed by atoms with Crippen molar-refractivity contribution in [2.24, 2.45) is 7.05 Å². The normalized spacial score (nSPS) is 10.7. The first-order chi connectivity index (χ1) is 9.40. The van der Waals surface area contributed by atoms with Gasteiger partial charge in [-0.05, 0) is 24.6 Å². The molecule has 0 atom stereocenters. The molecule has 0 spiro atoms. The van der Waals surface area contributed by atoms with Crippen molar-refractivity contribution in [1.29, 1.82) is 0 Å². The first-order valence-corrected chi connectivity index (χ1v) is 6.94. The molecule has 0 unspecified atom stereocenters. The minimum Gasteiger partial charge on any atom is -0.347 e. The summed E-state index contributed by atoms with van der Waals surface area (Å²) in [5, 5.41) is 8.26. The molecular weight excluding hydrogens is 321 g/mol. The number of hydrogen-bond acceptors (Lipinski definition) is 2. The minimum absolute atomic E-state index is 0.287. The molecule has 0 saturated carbocycles. The zero-order chi connectivity index (χ0) is 14.9. The summed E-state index contributed by atoms with van der Waals surface area (Å²) in [6.45, 7) is 2.03. The van der Waals surface area contributed by atoms with Crippen molar-refractivity contribution in [2.45, 2.75) is 13.5 Å². The molecule has 0 fully saturated rings. The van der Waals surface area contributed by atoms with Crippen LogP contribution in [0.5, 0.6) is 0 Å². The fourth-order valence-corrected chi connectivity index (χ4v) is 2.52. The van der Waals surface area contributed by atoms with Crippen LogP contribution >= 0.6 is 34.8 Å². The third-order valence-electron chi connectivity index (χ3n) is 2.82. The number of carbonyl (C=O) groups is 1. The van der Waals surface area contributed by atoms with Crippen LogP contribution in [-0.4, -0.2) is 15.7 Å². The highest BCUT2D eigenvalue weighted by atomic mass is 35.5. The summed E-state index contributed by atoms with van der Waals surface area (Å²) in [6, 6.07) is 5.11. The quantitative estimate of drug-likeness (QED) is 0.933. The Balaban J connectivity index is 2.13. The monoisotopic (exact) mass is 331 g/mol. The number of nitrogens with one attached hydrogen (secondary N) is 1. The fraction of sp³-hybridized carbons (Fsp3) is 0.231. The number of halogens is 3. The number of benzene rings is 1. The molecule has 0 saturated heterocycles. The van der Waals surface area contributed by atoms with Crippen LogP contribution in [0.2, 0.25) is 15.1 Å². The molecule has 0 radical (unpaired) electrons. The molecule has 0 aliphatic heterocycles. The maximum Gasteiger partial charge on any atom is 0.271 e. The summed E-state index contributed by atoms with van der Waals surface area (Å²) in [5.41, 5.74) is 1.72. The third-order valence-corrected chi connectivity index (χ3v) is 3.86. The molecule has 1 heterocycles. The maximum atomic E-state index is 12.1. The standard InChI is InChI=1S/C13H12Cl3N3O/c1-7-11(16)12(19(2)18-7)13(20)17-6-8-3-4-9(14)5-10(8)15/h3-5H,6H2,1-2H3,(H,17,20). The van der Waals surface area contributed by atoms with Gasteiger partial charge in [-0.15, -0.1) is 0 Å². The van der Waals surface area contributed by atoms with Gasteiger partial charge in [0.2, 0.25) is 0 Å². The molecule has 1 amide bonds. The van der Waals surface area contributed by atoms with Crippen LogP contribution in [0.25, 0.3) is 0 Å². The maximum absolute atomic E-state index is 12.1. The predicted molar refractivity (Wildman–Crippen MR) is 80.6 cm³/mol. The van der Waals surface area contributed by atoms with E-state index in [0.717, 1.165) is 5.56 Å². The van der Waals surface area contributed by atoms with Crippen LogP contribution < -0.4 is 5.32 Å². The Labute approximate surface area is 131 Å². The second-order valence-electron chi connectivity index (χ2n) is 4.29. The van der Waals surface area contributed by atoms with E-state index in [2.05, 4.69) is 10.4 Å². The van der Waals surface area contributed by atoms with Gasteiger partial charge in [0.1, 0.15) is 5.69 Å². The van der Waals surface area contributed by atoms with Crippen molar-refractivity contribution in [3.05, 3.63) is 50.2 Å². The van der Waals surface area contributed by atoms with Crippen molar-refractivity contribution in [3.8, 4) is 0 Å². The van der Waals surface area contributed by atoms with Crippen LogP contribution in [-0.2, 0) is 13.6 Å². The van der Waals surface area contributed by atoms with Crippen LogP contribution in [0.4, 0.5) is 0 Å². The molecule has 2 aromatic rings. The Morgan fingerprint density at radius 3 is 2.60 bits per heavy atom. The molecule has 1 N–H and O–H groups in total. The molecule has 0 aliphatic carbocycles. The molecule has 4 nitrogen and oxygen atoms in total. The molecule has 2 rings (SSSR count). The average Bonchev–Trinajstić information content (AvgIpc) is 2.62. The van der Waals surface area contributed by atoms with E-state index >= 15 is 0 Å². The first kappa shape index (κ1) is 15.2. The number of aromatic nitrogens is 2. The molecule has 1 aromatic carbocycles. The number of hydrogen-bond donors (Lipinski definition) is 1. The van der Waals surface area contributed by atoms with Gasteiger partial charge in [0.15, 0.2) is 0 Å². The van der Waals surface area contributed by atoms with E-state index in [1.54, 1.807) is 32.2 Å². The number of rotatable bonds is 3. The third kappa shape index (κ3) is 3.08. The van der Waals surface area contributed by atoms with Crippen molar-refractivity contribution in [2.75, 3.05) is 0 Å². The largest absolute Gasteiger partial charge is 0.347 e. The molecule has 7 heteroatoms. The lowest BCUT2D eigenvalue weighted by atomic mass is 10.2. The minimum atomic E-state index is -0.302. The van der Waals surface area contributed by atoms with E-state index in [9.17, 15) is 4.79 Å². The highest BCUT2D eigenvalue weighted by molar-refractivity contribution is 6.35. The lowest BCUT2D eigenvalue weighted by Crippen LogP contribution is -2.25. The average molecular weight is 333 g/mol. The highest BCUT2D eigenvalue weighted by Gasteiger charge is 2.18. The SMILES string of the molecule is Cc1nn(C)c(C(=O)NCc2ccc(Cl)cc2Cl)c1Cl. The van der Waals surface area contributed by atoms with Crippen molar-refractivity contribution < 1.29 is 4.79 Å². The summed E-state index contributed by atoms with van der Waals surface area (Å²) in [7, 11) is 1.67. The summed E-state index contributed by atoms with van der Waals surface area (Å²) < 4.78 is 1.45. The zero-order valence-electron chi connectivity index (χ0n) is 10.9. The van der Waals surface area contributed by atoms with Gasteiger partial charge in [0.25, 0.3) is 5.91 Å². The van der Waals surface area contributed by atoms with Crippen LogP contribution in [0.15, 0.2) is 18.2 Å². The second-order valence-corrected chi connectivity index (χ2v) is 5.51. The van der Waals surface area contributed by atoms with E-state index in [4.69, 9.17) is 34.8 Å². The lowest BCUT2D eigenvalue weighted by Gasteiger charge is -2.08. The van der Waals surface area contributed by atoms with E-state index in [0.29, 0.717) is 26.5 Å². The van der Waals surface area contributed by atoms with Crippen molar-refractivity contribution >= 4 is 40.7 Å². The summed E-state index contributed by atoms with van der Waals surface area (Å²) in [6.07, 6.45) is 0. The summed E-state index contributed by atoms with van der Waals surface area (Å²) >= 11 is 17.9. The number of nitrogens with zero attached hydrogens (tertiary/aromatic N) is 2. The molecule has 0 aliphatic rings. The Morgan fingerprint density at radius 1 is 1.35 bits per heavy atom. The van der Waals surface area contributed by atoms with E-state index in [1.165, 1.54) is 4.68 Å². The topological polar surface area (TPSA) is 46.9 Å². The van der Waals surface area contributed by atoms with Gasteiger partial charge in [-0.25, -0.2) is 0 Å². The van der Waals surface area contributed by atoms with Gasteiger partial charge >= 0.3 is 0 Å². The predicted octanol–water partition coefficient (Wildman–Crippen LogP) is 3.62. The van der Waals surface area contributed by atoms with E-state index in [1.807, 2.05) is 0 Å². The number of carbonyl (C=O) groups excluding carboxylic acids is 1. The highest BCUT2D eigenvalue weighted by Crippen LogP contribution is 2.22. The zero-order valence-corrected chi connectivity index (χ0v) is 13.1. The van der Waals surface area contributed by atoms with Gasteiger partial charge in [-0.3, -0.25) is 9.48 Å². The summed E-state index contributed by atoms with van der Waals surface area (Å²) in [4.78, 5) is 12.1. The second kappa shape index (κ2) is 6.04. The van der Waals surface area contributed by atoms with E-state index in [-0.39, 0.29) is 12.5 Å². The van der Waals surface area contributed by atoms with Crippen LogP contribution in [0.3, 0.4) is 0 Å². The Bertz CT molecular complexity index is 667. The van der Waals surface area contributed by atoms with Gasteiger partial charge in [0, 0.05) is 23.6 Å². The Kier molecular flexibility index (Phi) is 4.58. The summed E-state index contributed by atoms with van der Waals surface area (Å²) in [5.74, 6) is -0.302. The van der Waals surface area contributed by atoms with Gasteiger partial charge in [0.05, 0.1) is 10.7 Å². The lowest BCUT2D eigenvalue weighted by molar-refractivity contribution is 0.0941. The van der Waals surface area contributed by atoms with Gasteiger partial charge < -0.3 is 5.32 Å². The molecule has 1 aromatic heterocycles. The van der Waals surface area contributed by atoms with Crippen molar-refractivity contribution in [3.63, 3.8) is 0 Å². The van der Waals surface area contributed by atoms with E-state index < -0.39 is 0 Å². The Morgan fingerprint density at radius 2 is 2.05 bits per heavy atom. The molecule has 106 valence electrons. The van der Waals surface area contributed by atoms with Crippen molar-refractivity contribution in [1.82, 2.24) is 15.1 Å². The van der Waals surface area contributed by atoms with Gasteiger partial charge in [-0.2, -0.15) is 5.10 Å². The van der Waals surface area contributed by atoms with Crippen LogP contribution in [0, 0.1) is 6.92 Å². The Hall–Kier alpha value is -1.23. The van der Waals surface area contributed by atoms with Crippen LogP contribution in [0.1, 0.15) is 21.7 Å². The number of aryl methyl sites for hydroxylation is 2. The first-order valence-electron chi connectivity index (χ1n) is 5.81. The fourth-order valence-electron chi connectivity index (χ4n) is 1.80. The van der Waals surface area contributed by atoms with Gasteiger partial charge in [-0.1, -0.05) is 40.9 Å².